The van der Waals surface area contributed by atoms with E-state index in [0.717, 1.165) is 120 Å². The third-order valence-electron chi connectivity index (χ3n) is 18.2. The molecule has 19 heteroatoms. The maximum atomic E-state index is 13.1. The van der Waals surface area contributed by atoms with Crippen LogP contribution in [0.25, 0.3) is 0 Å². The number of carbonyl (C=O) groups excluding carboxylic acids is 4. The number of esters is 4. The van der Waals surface area contributed by atoms with Crippen LogP contribution in [0.5, 0.6) is 0 Å². The van der Waals surface area contributed by atoms with Gasteiger partial charge in [0.2, 0.25) is 0 Å². The third kappa shape index (κ3) is 69.2. The van der Waals surface area contributed by atoms with Crippen LogP contribution in [0.1, 0.15) is 389 Å². The van der Waals surface area contributed by atoms with Gasteiger partial charge in [0.1, 0.15) is 19.3 Å². The fourth-order valence-corrected chi connectivity index (χ4v) is 13.3. The lowest BCUT2D eigenvalue weighted by Crippen LogP contribution is -2.30. The van der Waals surface area contributed by atoms with E-state index >= 15 is 0 Å². The van der Waals surface area contributed by atoms with Crippen LogP contribution >= 0.6 is 15.6 Å². The third-order valence-corrected chi connectivity index (χ3v) is 20.1. The van der Waals surface area contributed by atoms with Crippen molar-refractivity contribution in [1.29, 1.82) is 0 Å². The predicted octanol–water partition coefficient (Wildman–Crippen LogP) is 22.4. The lowest BCUT2D eigenvalue weighted by molar-refractivity contribution is -0.161. The minimum atomic E-state index is -4.96. The van der Waals surface area contributed by atoms with Gasteiger partial charge in [0.05, 0.1) is 26.4 Å². The van der Waals surface area contributed by atoms with Crippen LogP contribution < -0.4 is 0 Å². The van der Waals surface area contributed by atoms with Gasteiger partial charge in [0, 0.05) is 25.7 Å². The van der Waals surface area contributed by atoms with Crippen molar-refractivity contribution in [2.75, 3.05) is 39.6 Å². The summed E-state index contributed by atoms with van der Waals surface area (Å²) in [5.74, 6) is 0.919. The van der Waals surface area contributed by atoms with Crippen LogP contribution in [0, 0.1) is 23.7 Å². The van der Waals surface area contributed by atoms with Crippen molar-refractivity contribution in [3.8, 4) is 0 Å². The zero-order valence-corrected chi connectivity index (χ0v) is 64.8. The van der Waals surface area contributed by atoms with Crippen LogP contribution in [0.4, 0.5) is 0 Å². The first-order valence-corrected chi connectivity index (χ1v) is 42.7. The number of aliphatic hydroxyl groups excluding tert-OH is 1. The minimum absolute atomic E-state index is 0.106. The molecular weight excluding hydrogens is 1260 g/mol. The van der Waals surface area contributed by atoms with E-state index < -0.39 is 97.5 Å². The SMILES string of the molecule is CCC(C)CCCCCCCCC(=O)OC[C@H](COP(=O)(O)OCC(O)COP(=O)(O)OC[C@@H](COC(=O)CCCCCCCCCC(C)C)OC(=O)CCCCCCCCCCCCCCCCCC(C)C)OC(=O)CCCCCCCCCCCCCCCCCC(C)C. The zero-order valence-electron chi connectivity index (χ0n) is 63.0. The Labute approximate surface area is 588 Å². The number of hydrogen-bond acceptors (Lipinski definition) is 15. The van der Waals surface area contributed by atoms with Gasteiger partial charge in [-0.2, -0.15) is 0 Å². The van der Waals surface area contributed by atoms with Crippen LogP contribution in [-0.4, -0.2) is 96.7 Å². The van der Waals surface area contributed by atoms with E-state index in [4.69, 9.17) is 37.0 Å². The van der Waals surface area contributed by atoms with Gasteiger partial charge in [-0.1, -0.05) is 338 Å². The van der Waals surface area contributed by atoms with Crippen molar-refractivity contribution in [2.45, 2.75) is 408 Å². The van der Waals surface area contributed by atoms with Gasteiger partial charge in [0.15, 0.2) is 12.2 Å². The molecule has 0 heterocycles. The Balaban J connectivity index is 5.20. The predicted molar refractivity (Wildman–Crippen MR) is 391 cm³/mol. The molecule has 0 saturated carbocycles. The number of aliphatic hydroxyl groups is 1. The Morgan fingerprint density at radius 1 is 0.292 bits per heavy atom. The molecule has 0 aliphatic carbocycles. The van der Waals surface area contributed by atoms with E-state index in [1.807, 2.05) is 0 Å². The highest BCUT2D eigenvalue weighted by atomic mass is 31.2. The molecule has 0 aliphatic rings. The smallest absolute Gasteiger partial charge is 0.462 e. The van der Waals surface area contributed by atoms with Crippen molar-refractivity contribution in [1.82, 2.24) is 0 Å². The Morgan fingerprint density at radius 3 is 0.740 bits per heavy atom. The molecule has 0 bridgehead atoms. The van der Waals surface area contributed by atoms with E-state index in [1.54, 1.807) is 0 Å². The van der Waals surface area contributed by atoms with Crippen LogP contribution in [-0.2, 0) is 65.4 Å². The van der Waals surface area contributed by atoms with E-state index in [2.05, 4.69) is 55.4 Å². The number of phosphoric acid groups is 2. The van der Waals surface area contributed by atoms with Gasteiger partial charge in [-0.05, 0) is 49.4 Å². The van der Waals surface area contributed by atoms with Crippen molar-refractivity contribution in [2.24, 2.45) is 23.7 Å². The number of rotatable bonds is 74. The summed E-state index contributed by atoms with van der Waals surface area (Å²) in [5, 5.41) is 10.6. The standard InChI is InChI=1S/C77H150O17P2/c1-9-70(8)56-48-40-35-36-42-50-58-75(80)88-64-73(94-77(82)60-52-44-33-27-23-19-15-11-13-17-21-25-30-38-46-54-68(4)5)66-92-96(85,86)90-62-71(78)61-89-95(83,84)91-65-72(63-87-74(79)57-49-41-34-28-31-39-47-55-69(6)7)93-76(81)59-51-43-32-26-22-18-14-10-12-16-20-24-29-37-45-53-67(2)3/h67-73,78H,9-66H2,1-8H3,(H,83,84)(H,85,86)/t70?,71?,72-,73-/m1/s1. The zero-order chi connectivity index (χ0) is 71.0. The van der Waals surface area contributed by atoms with Gasteiger partial charge in [-0.3, -0.25) is 37.3 Å². The van der Waals surface area contributed by atoms with E-state index in [1.165, 1.54) is 180 Å². The highest BCUT2D eigenvalue weighted by molar-refractivity contribution is 7.47. The molecule has 0 amide bonds. The van der Waals surface area contributed by atoms with Gasteiger partial charge in [-0.15, -0.1) is 0 Å². The maximum Gasteiger partial charge on any atom is 0.472 e. The normalized spacial score (nSPS) is 14.4. The molecule has 570 valence electrons. The second kappa shape index (κ2) is 66.3. The summed E-state index contributed by atoms with van der Waals surface area (Å²) in [4.78, 5) is 72.8. The second-order valence-electron chi connectivity index (χ2n) is 29.4. The number of phosphoric ester groups is 2. The quantitative estimate of drug-likeness (QED) is 0.0222. The molecular formula is C77H150O17P2. The summed E-state index contributed by atoms with van der Waals surface area (Å²) in [7, 11) is -9.91. The Bertz CT molecular complexity index is 1890. The van der Waals surface area contributed by atoms with Gasteiger partial charge >= 0.3 is 39.5 Å². The molecule has 6 atom stereocenters. The van der Waals surface area contributed by atoms with Gasteiger partial charge in [0.25, 0.3) is 0 Å². The Kier molecular flexibility index (Phi) is 65.0. The summed E-state index contributed by atoms with van der Waals surface area (Å²) in [5.41, 5.74) is 0. The topological polar surface area (TPSA) is 237 Å². The highest BCUT2D eigenvalue weighted by Crippen LogP contribution is 2.45. The Morgan fingerprint density at radius 2 is 0.500 bits per heavy atom. The average molecular weight is 1410 g/mol. The van der Waals surface area contributed by atoms with Crippen LogP contribution in [0.15, 0.2) is 0 Å². The molecule has 0 radical (unpaired) electrons. The lowest BCUT2D eigenvalue weighted by Gasteiger charge is -2.21. The average Bonchev–Trinajstić information content (AvgIpc) is 1.44. The highest BCUT2D eigenvalue weighted by Gasteiger charge is 2.30. The summed E-state index contributed by atoms with van der Waals surface area (Å²) >= 11 is 0. The van der Waals surface area contributed by atoms with Crippen LogP contribution in [0.3, 0.4) is 0 Å². The fourth-order valence-electron chi connectivity index (χ4n) is 11.7. The molecule has 0 saturated heterocycles. The van der Waals surface area contributed by atoms with Crippen molar-refractivity contribution in [3.63, 3.8) is 0 Å². The van der Waals surface area contributed by atoms with Gasteiger partial charge in [-0.25, -0.2) is 9.13 Å². The summed E-state index contributed by atoms with van der Waals surface area (Å²) in [6.07, 6.45) is 51.5. The molecule has 96 heavy (non-hydrogen) atoms. The molecule has 0 spiro atoms. The molecule has 0 aliphatic heterocycles. The number of carbonyl (C=O) groups is 4. The van der Waals surface area contributed by atoms with Crippen molar-refractivity contribution < 1.29 is 80.2 Å². The molecule has 0 aromatic rings. The summed E-state index contributed by atoms with van der Waals surface area (Å²) in [6, 6.07) is 0. The second-order valence-corrected chi connectivity index (χ2v) is 32.3. The van der Waals surface area contributed by atoms with Gasteiger partial charge < -0.3 is 33.8 Å². The molecule has 0 rings (SSSR count). The molecule has 0 aromatic heterocycles. The summed E-state index contributed by atoms with van der Waals surface area (Å²) in [6.45, 7) is 14.2. The van der Waals surface area contributed by atoms with E-state index in [-0.39, 0.29) is 25.7 Å². The molecule has 0 aromatic carbocycles. The van der Waals surface area contributed by atoms with Crippen molar-refractivity contribution in [3.05, 3.63) is 0 Å². The Hall–Kier alpha value is -1.94. The molecule has 4 unspecified atom stereocenters. The maximum absolute atomic E-state index is 13.1. The number of hydrogen-bond donors (Lipinski definition) is 3. The number of unbranched alkanes of at least 4 members (excludes halogenated alkanes) is 39. The largest absolute Gasteiger partial charge is 0.472 e. The van der Waals surface area contributed by atoms with E-state index in [9.17, 15) is 43.2 Å². The number of ether oxygens (including phenoxy) is 4. The van der Waals surface area contributed by atoms with Crippen LogP contribution in [0.2, 0.25) is 0 Å². The monoisotopic (exact) mass is 1410 g/mol. The first-order valence-electron chi connectivity index (χ1n) is 39.7. The summed E-state index contributed by atoms with van der Waals surface area (Å²) < 4.78 is 68.5. The van der Waals surface area contributed by atoms with E-state index in [0.29, 0.717) is 31.6 Å². The molecule has 17 nitrogen and oxygen atoms in total. The minimum Gasteiger partial charge on any atom is -0.462 e. The first-order chi connectivity index (χ1) is 46.1. The lowest BCUT2D eigenvalue weighted by atomic mass is 10.00. The fraction of sp³-hybridized carbons (Fsp3) is 0.948. The van der Waals surface area contributed by atoms with Crippen molar-refractivity contribution >= 4 is 39.5 Å². The first kappa shape index (κ1) is 94.1. The molecule has 0 fully saturated rings. The molecule has 3 N–H and O–H groups in total.